The van der Waals surface area contributed by atoms with E-state index >= 15 is 4.79 Å². The van der Waals surface area contributed by atoms with Crippen molar-refractivity contribution in [1.29, 1.82) is 0 Å². The Morgan fingerprint density at radius 2 is 1.70 bits per heavy atom. The summed E-state index contributed by atoms with van der Waals surface area (Å²) in [5.41, 5.74) is -0.681. The summed E-state index contributed by atoms with van der Waals surface area (Å²) in [7, 11) is 3.13. The number of nitrogens with zero attached hydrogens (tertiary/aromatic N) is 3. The van der Waals surface area contributed by atoms with E-state index in [1.165, 1.54) is 50.5 Å². The summed E-state index contributed by atoms with van der Waals surface area (Å²) in [5.74, 6) is -0.0158. The van der Waals surface area contributed by atoms with Crippen molar-refractivity contribution in [3.8, 4) is 17.2 Å². The van der Waals surface area contributed by atoms with Crippen molar-refractivity contribution in [1.82, 2.24) is 9.80 Å². The molecule has 1 saturated heterocycles. The number of amides is 2. The zero-order valence-corrected chi connectivity index (χ0v) is 26.2. The monoisotopic (exact) mass is 627 g/mol. The number of halogens is 1. The van der Waals surface area contributed by atoms with Gasteiger partial charge in [-0.05, 0) is 49.2 Å². The highest BCUT2D eigenvalue weighted by molar-refractivity contribution is 7.93. The fraction of sp³-hybridized carbons (Fsp3) is 0.355. The van der Waals surface area contributed by atoms with Gasteiger partial charge in [0, 0.05) is 55.3 Å². The van der Waals surface area contributed by atoms with Crippen LogP contribution in [0, 0.1) is 0 Å². The molecule has 228 valence electrons. The Morgan fingerprint density at radius 1 is 0.977 bits per heavy atom. The first-order chi connectivity index (χ1) is 20.5. The number of rotatable bonds is 9. The van der Waals surface area contributed by atoms with Crippen LogP contribution in [-0.2, 0) is 25.2 Å². The first-order valence-electron chi connectivity index (χ1n) is 13.7. The molecule has 0 spiro atoms. The van der Waals surface area contributed by atoms with E-state index in [0.29, 0.717) is 47.0 Å². The van der Waals surface area contributed by atoms with Crippen LogP contribution in [0.5, 0.6) is 17.2 Å². The molecule has 3 aromatic carbocycles. The average Bonchev–Trinajstić information content (AvgIpc) is 3.56. The van der Waals surface area contributed by atoms with Gasteiger partial charge in [0.05, 0.1) is 27.0 Å². The van der Waals surface area contributed by atoms with E-state index in [9.17, 15) is 13.2 Å². The maximum absolute atomic E-state index is 15.2. The largest absolute Gasteiger partial charge is 0.497 e. The molecule has 2 aliphatic heterocycles. The lowest BCUT2D eigenvalue weighted by Gasteiger charge is -2.42. The third-order valence-corrected chi connectivity index (χ3v) is 10.1. The van der Waals surface area contributed by atoms with Gasteiger partial charge < -0.3 is 19.1 Å². The Kier molecular flexibility index (Phi) is 8.34. The molecule has 2 amide bonds. The van der Waals surface area contributed by atoms with Crippen LogP contribution < -0.4 is 18.5 Å². The number of likely N-dealkylation sites (tertiary alicyclic amines) is 1. The van der Waals surface area contributed by atoms with Crippen LogP contribution >= 0.6 is 11.6 Å². The fourth-order valence-corrected chi connectivity index (χ4v) is 7.96. The van der Waals surface area contributed by atoms with Crippen LogP contribution in [-0.4, -0.2) is 78.0 Å². The van der Waals surface area contributed by atoms with Crippen LogP contribution in [0.2, 0.25) is 5.02 Å². The van der Waals surface area contributed by atoms with Gasteiger partial charge in [0.1, 0.15) is 22.1 Å². The minimum absolute atomic E-state index is 0.0214. The minimum Gasteiger partial charge on any atom is -0.497 e. The molecule has 1 fully saturated rings. The van der Waals surface area contributed by atoms with E-state index in [4.69, 9.17) is 25.8 Å². The standard InChI is InChI=1S/C31H34ClN3O7S/c1-33(2)29(36)18-21-9-8-16-34(21)31(23-10-6-7-11-26(23)41-4)24-17-20(32)12-14-25(24)35(30(31)37)43(38,39)28-15-13-22(40-3)19-27(28)42-5/h6-7,10-15,17,19,21H,8-9,16,18H2,1-5H3/t21-,31?/m0/s1. The number of para-hydroxylation sites is 1. The average molecular weight is 628 g/mol. The Morgan fingerprint density at radius 3 is 2.37 bits per heavy atom. The zero-order valence-electron chi connectivity index (χ0n) is 24.7. The lowest BCUT2D eigenvalue weighted by atomic mass is 9.80. The molecule has 10 nitrogen and oxygen atoms in total. The molecule has 0 saturated carbocycles. The van der Waals surface area contributed by atoms with E-state index in [0.717, 1.165) is 4.31 Å². The first-order valence-corrected chi connectivity index (χ1v) is 15.6. The van der Waals surface area contributed by atoms with Gasteiger partial charge in [0.2, 0.25) is 5.91 Å². The Bertz CT molecular complexity index is 1680. The van der Waals surface area contributed by atoms with Gasteiger partial charge in [0.25, 0.3) is 15.9 Å². The van der Waals surface area contributed by atoms with E-state index in [-0.39, 0.29) is 34.7 Å². The highest BCUT2D eigenvalue weighted by Crippen LogP contribution is 2.55. The van der Waals surface area contributed by atoms with E-state index in [1.54, 1.807) is 50.5 Å². The van der Waals surface area contributed by atoms with Crippen LogP contribution in [0.3, 0.4) is 0 Å². The summed E-state index contributed by atoms with van der Waals surface area (Å²) in [4.78, 5) is 31.4. The van der Waals surface area contributed by atoms with Crippen LogP contribution in [0.4, 0.5) is 5.69 Å². The summed E-state index contributed by atoms with van der Waals surface area (Å²) in [6.45, 7) is 0.431. The number of methoxy groups -OCH3 is 3. The van der Waals surface area contributed by atoms with Crippen molar-refractivity contribution in [3.05, 3.63) is 76.8 Å². The summed E-state index contributed by atoms with van der Waals surface area (Å²) in [6.07, 6.45) is 1.48. The molecule has 3 aromatic rings. The predicted octanol–water partition coefficient (Wildman–Crippen LogP) is 4.29. The number of sulfonamides is 1. The normalized spacial score (nSPS) is 20.2. The molecule has 2 atom stereocenters. The Labute approximate surface area is 256 Å². The van der Waals surface area contributed by atoms with Crippen molar-refractivity contribution in [3.63, 3.8) is 0 Å². The van der Waals surface area contributed by atoms with E-state index in [2.05, 4.69) is 0 Å². The van der Waals surface area contributed by atoms with Crippen LogP contribution in [0.1, 0.15) is 30.4 Å². The maximum Gasteiger partial charge on any atom is 0.274 e. The fourth-order valence-electron chi connectivity index (χ4n) is 6.18. The lowest BCUT2D eigenvalue weighted by molar-refractivity contribution is -0.133. The van der Waals surface area contributed by atoms with Crippen molar-refractivity contribution >= 4 is 39.1 Å². The van der Waals surface area contributed by atoms with Gasteiger partial charge in [-0.25, -0.2) is 12.7 Å². The number of anilines is 1. The lowest BCUT2D eigenvalue weighted by Crippen LogP contribution is -2.57. The van der Waals surface area contributed by atoms with E-state index in [1.807, 2.05) is 4.90 Å². The second kappa shape index (κ2) is 11.7. The molecule has 0 aromatic heterocycles. The molecule has 1 unspecified atom stereocenters. The van der Waals surface area contributed by atoms with Gasteiger partial charge in [0.15, 0.2) is 5.54 Å². The third kappa shape index (κ3) is 4.89. The Balaban J connectivity index is 1.81. The highest BCUT2D eigenvalue weighted by Gasteiger charge is 2.62. The molecular weight excluding hydrogens is 594 g/mol. The molecule has 0 N–H and O–H groups in total. The number of fused-ring (bicyclic) bond motifs is 1. The minimum atomic E-state index is -4.55. The van der Waals surface area contributed by atoms with Crippen LogP contribution in [0.25, 0.3) is 0 Å². The summed E-state index contributed by atoms with van der Waals surface area (Å²) >= 11 is 6.56. The molecule has 43 heavy (non-hydrogen) atoms. The molecule has 2 heterocycles. The van der Waals surface area contributed by atoms with Gasteiger partial charge in [-0.2, -0.15) is 0 Å². The van der Waals surface area contributed by atoms with E-state index < -0.39 is 21.5 Å². The van der Waals surface area contributed by atoms with Gasteiger partial charge in [-0.1, -0.05) is 29.8 Å². The number of ether oxygens (including phenoxy) is 3. The molecule has 0 aliphatic carbocycles. The molecule has 2 aliphatic rings. The quantitative estimate of drug-likeness (QED) is 0.346. The molecule has 0 radical (unpaired) electrons. The topological polar surface area (TPSA) is 106 Å². The second-order valence-electron chi connectivity index (χ2n) is 10.6. The number of hydrogen-bond donors (Lipinski definition) is 0. The summed E-state index contributed by atoms with van der Waals surface area (Å²) in [6, 6.07) is 15.7. The Hall–Kier alpha value is -3.80. The molecule has 12 heteroatoms. The van der Waals surface area contributed by atoms with Gasteiger partial charge in [-0.3, -0.25) is 14.5 Å². The van der Waals surface area contributed by atoms with Crippen molar-refractivity contribution in [2.24, 2.45) is 0 Å². The molecule has 5 rings (SSSR count). The third-order valence-electron chi connectivity index (χ3n) is 8.16. The predicted molar refractivity (Wildman–Crippen MR) is 162 cm³/mol. The molecular formula is C31H34ClN3O7S. The van der Waals surface area contributed by atoms with Crippen molar-refractivity contribution in [2.75, 3.05) is 46.3 Å². The second-order valence-corrected chi connectivity index (χ2v) is 12.8. The van der Waals surface area contributed by atoms with Crippen molar-refractivity contribution in [2.45, 2.75) is 35.7 Å². The number of benzene rings is 3. The highest BCUT2D eigenvalue weighted by atomic mass is 35.5. The smallest absolute Gasteiger partial charge is 0.274 e. The van der Waals surface area contributed by atoms with Crippen LogP contribution in [0.15, 0.2) is 65.6 Å². The SMILES string of the molecule is COc1ccc(S(=O)(=O)N2C(=O)C(c3ccccc3OC)(N3CCC[C@H]3CC(=O)N(C)C)c3cc(Cl)ccc32)c(OC)c1. The van der Waals surface area contributed by atoms with Gasteiger partial charge in [-0.15, -0.1) is 0 Å². The summed E-state index contributed by atoms with van der Waals surface area (Å²) in [5, 5.41) is 0.326. The maximum atomic E-state index is 15.2. The number of hydrogen-bond acceptors (Lipinski definition) is 8. The number of carbonyl (C=O) groups excluding carboxylic acids is 2. The number of carbonyl (C=O) groups is 2. The summed E-state index contributed by atoms with van der Waals surface area (Å²) < 4.78 is 46.4. The first kappa shape index (κ1) is 30.7. The zero-order chi connectivity index (χ0) is 31.1. The van der Waals surface area contributed by atoms with Gasteiger partial charge >= 0.3 is 0 Å². The van der Waals surface area contributed by atoms with Crippen molar-refractivity contribution < 1.29 is 32.2 Å². The molecule has 0 bridgehead atoms.